The van der Waals surface area contributed by atoms with E-state index in [0.29, 0.717) is 6.04 Å². The van der Waals surface area contributed by atoms with E-state index in [1.54, 1.807) is 0 Å². The molecular weight excluding hydrogens is 226 g/mol. The lowest BCUT2D eigenvalue weighted by atomic mass is 10.2. The van der Waals surface area contributed by atoms with Gasteiger partial charge in [0.15, 0.2) is 0 Å². The van der Waals surface area contributed by atoms with Crippen LogP contribution >= 0.6 is 0 Å². The van der Waals surface area contributed by atoms with Crippen LogP contribution in [-0.2, 0) is 4.79 Å². The second-order valence-electron chi connectivity index (χ2n) is 5.77. The summed E-state index contributed by atoms with van der Waals surface area (Å²) in [6.45, 7) is 15.0. The topological polar surface area (TPSA) is 35.6 Å². The van der Waals surface area contributed by atoms with Gasteiger partial charge in [-0.1, -0.05) is 13.8 Å². The van der Waals surface area contributed by atoms with Gasteiger partial charge in [0, 0.05) is 44.7 Å². The fraction of sp³-hybridized carbons (Fsp3) is 0.929. The minimum absolute atomic E-state index is 0.0968. The maximum absolute atomic E-state index is 11.4. The van der Waals surface area contributed by atoms with E-state index >= 15 is 0 Å². The number of hydrogen-bond acceptors (Lipinski definition) is 3. The Morgan fingerprint density at radius 1 is 1.11 bits per heavy atom. The molecule has 1 saturated heterocycles. The Hall–Kier alpha value is -0.610. The number of piperazine rings is 1. The molecule has 1 N–H and O–H groups in total. The average Bonchev–Trinajstić information content (AvgIpc) is 2.34. The van der Waals surface area contributed by atoms with Crippen LogP contribution < -0.4 is 5.32 Å². The first-order valence-electron chi connectivity index (χ1n) is 7.25. The molecule has 4 heteroatoms. The summed E-state index contributed by atoms with van der Waals surface area (Å²) in [6.07, 6.45) is 1.06. The Kier molecular flexibility index (Phi) is 6.65. The standard InChI is InChI=1S/C14H29N3O/c1-12(2)14(18)15-6-5-7-16-8-10-17(11-9-16)13(3)4/h12-13H,5-11H2,1-4H3,(H,15,18). The summed E-state index contributed by atoms with van der Waals surface area (Å²) in [7, 11) is 0. The quantitative estimate of drug-likeness (QED) is 0.724. The minimum atomic E-state index is 0.0968. The Morgan fingerprint density at radius 3 is 2.22 bits per heavy atom. The summed E-state index contributed by atoms with van der Waals surface area (Å²) in [5.74, 6) is 0.263. The zero-order valence-corrected chi connectivity index (χ0v) is 12.4. The van der Waals surface area contributed by atoms with E-state index in [0.717, 1.165) is 32.6 Å². The van der Waals surface area contributed by atoms with Crippen LogP contribution in [0.2, 0.25) is 0 Å². The highest BCUT2D eigenvalue weighted by Gasteiger charge is 2.18. The molecule has 0 aromatic rings. The van der Waals surface area contributed by atoms with Crippen molar-refractivity contribution >= 4 is 5.91 Å². The van der Waals surface area contributed by atoms with Crippen molar-refractivity contribution in [1.82, 2.24) is 15.1 Å². The van der Waals surface area contributed by atoms with Gasteiger partial charge in [0.05, 0.1) is 0 Å². The van der Waals surface area contributed by atoms with E-state index in [9.17, 15) is 4.79 Å². The predicted octanol–water partition coefficient (Wildman–Crippen LogP) is 1.17. The molecule has 1 heterocycles. The highest BCUT2D eigenvalue weighted by molar-refractivity contribution is 5.77. The molecule has 106 valence electrons. The van der Waals surface area contributed by atoms with E-state index in [1.807, 2.05) is 13.8 Å². The first kappa shape index (κ1) is 15.4. The Morgan fingerprint density at radius 2 is 1.72 bits per heavy atom. The highest BCUT2D eigenvalue weighted by atomic mass is 16.1. The van der Waals surface area contributed by atoms with Crippen LogP contribution in [-0.4, -0.2) is 61.0 Å². The molecule has 1 fully saturated rings. The van der Waals surface area contributed by atoms with Crippen molar-refractivity contribution in [2.24, 2.45) is 5.92 Å². The zero-order valence-electron chi connectivity index (χ0n) is 12.4. The van der Waals surface area contributed by atoms with Crippen molar-refractivity contribution in [2.75, 3.05) is 39.3 Å². The van der Waals surface area contributed by atoms with Gasteiger partial charge in [-0.25, -0.2) is 0 Å². The van der Waals surface area contributed by atoms with Gasteiger partial charge in [-0.3, -0.25) is 9.69 Å². The van der Waals surface area contributed by atoms with Gasteiger partial charge in [-0.05, 0) is 26.8 Å². The molecule has 0 saturated carbocycles. The van der Waals surface area contributed by atoms with Gasteiger partial charge in [0.25, 0.3) is 0 Å². The van der Waals surface area contributed by atoms with E-state index < -0.39 is 0 Å². The fourth-order valence-corrected chi connectivity index (χ4v) is 2.22. The first-order chi connectivity index (χ1) is 8.50. The Balaban J connectivity index is 2.06. The summed E-state index contributed by atoms with van der Waals surface area (Å²) >= 11 is 0. The number of carbonyl (C=O) groups is 1. The van der Waals surface area contributed by atoms with Crippen LogP contribution in [0.5, 0.6) is 0 Å². The predicted molar refractivity (Wildman–Crippen MR) is 75.6 cm³/mol. The summed E-state index contributed by atoms with van der Waals surface area (Å²) < 4.78 is 0. The molecule has 0 unspecified atom stereocenters. The van der Waals surface area contributed by atoms with Gasteiger partial charge >= 0.3 is 0 Å². The van der Waals surface area contributed by atoms with Crippen LogP contribution in [0, 0.1) is 5.92 Å². The number of hydrogen-bond donors (Lipinski definition) is 1. The number of amides is 1. The molecular formula is C14H29N3O. The molecule has 4 nitrogen and oxygen atoms in total. The van der Waals surface area contributed by atoms with Gasteiger partial charge in [0.2, 0.25) is 5.91 Å². The van der Waals surface area contributed by atoms with Gasteiger partial charge in [-0.2, -0.15) is 0 Å². The summed E-state index contributed by atoms with van der Waals surface area (Å²) in [5, 5.41) is 2.97. The molecule has 0 aliphatic carbocycles. The van der Waals surface area contributed by atoms with Crippen LogP contribution in [0.3, 0.4) is 0 Å². The van der Waals surface area contributed by atoms with Crippen LogP contribution in [0.4, 0.5) is 0 Å². The molecule has 0 bridgehead atoms. The van der Waals surface area contributed by atoms with Crippen molar-refractivity contribution < 1.29 is 4.79 Å². The van der Waals surface area contributed by atoms with Crippen molar-refractivity contribution in [3.05, 3.63) is 0 Å². The molecule has 1 amide bonds. The van der Waals surface area contributed by atoms with Gasteiger partial charge < -0.3 is 10.2 Å². The average molecular weight is 255 g/mol. The third kappa shape index (κ3) is 5.36. The van der Waals surface area contributed by atoms with E-state index in [2.05, 4.69) is 29.0 Å². The van der Waals surface area contributed by atoms with E-state index in [-0.39, 0.29) is 11.8 Å². The van der Waals surface area contributed by atoms with Crippen molar-refractivity contribution in [2.45, 2.75) is 40.2 Å². The minimum Gasteiger partial charge on any atom is -0.356 e. The molecule has 0 radical (unpaired) electrons. The third-order valence-electron chi connectivity index (χ3n) is 3.61. The molecule has 1 rings (SSSR count). The number of nitrogens with one attached hydrogen (secondary N) is 1. The molecule has 0 aromatic heterocycles. The summed E-state index contributed by atoms with van der Waals surface area (Å²) in [5.41, 5.74) is 0. The lowest BCUT2D eigenvalue weighted by molar-refractivity contribution is -0.123. The zero-order chi connectivity index (χ0) is 13.5. The Labute approximate surface area is 112 Å². The fourth-order valence-electron chi connectivity index (χ4n) is 2.22. The number of nitrogens with zero attached hydrogens (tertiary/aromatic N) is 2. The maximum Gasteiger partial charge on any atom is 0.222 e. The SMILES string of the molecule is CC(C)C(=O)NCCCN1CCN(C(C)C)CC1. The molecule has 0 aromatic carbocycles. The lowest BCUT2D eigenvalue weighted by Gasteiger charge is -2.36. The van der Waals surface area contributed by atoms with Gasteiger partial charge in [0.1, 0.15) is 0 Å². The Bertz CT molecular complexity index is 245. The monoisotopic (exact) mass is 255 g/mol. The smallest absolute Gasteiger partial charge is 0.222 e. The second kappa shape index (κ2) is 7.74. The second-order valence-corrected chi connectivity index (χ2v) is 5.77. The van der Waals surface area contributed by atoms with Crippen LogP contribution in [0.1, 0.15) is 34.1 Å². The summed E-state index contributed by atoms with van der Waals surface area (Å²) in [4.78, 5) is 16.4. The number of carbonyl (C=O) groups excluding carboxylic acids is 1. The van der Waals surface area contributed by atoms with Gasteiger partial charge in [-0.15, -0.1) is 0 Å². The molecule has 18 heavy (non-hydrogen) atoms. The highest BCUT2D eigenvalue weighted by Crippen LogP contribution is 2.05. The van der Waals surface area contributed by atoms with E-state index in [4.69, 9.17) is 0 Å². The largest absolute Gasteiger partial charge is 0.356 e. The molecule has 0 atom stereocenters. The van der Waals surface area contributed by atoms with Crippen molar-refractivity contribution in [3.8, 4) is 0 Å². The summed E-state index contributed by atoms with van der Waals surface area (Å²) in [6, 6.07) is 0.664. The number of rotatable bonds is 6. The van der Waals surface area contributed by atoms with Crippen LogP contribution in [0.25, 0.3) is 0 Å². The maximum atomic E-state index is 11.4. The normalized spacial score (nSPS) is 18.6. The van der Waals surface area contributed by atoms with E-state index in [1.165, 1.54) is 13.1 Å². The van der Waals surface area contributed by atoms with Crippen LogP contribution in [0.15, 0.2) is 0 Å². The first-order valence-corrected chi connectivity index (χ1v) is 7.25. The van der Waals surface area contributed by atoms with Crippen molar-refractivity contribution in [3.63, 3.8) is 0 Å². The third-order valence-corrected chi connectivity index (χ3v) is 3.61. The molecule has 1 aliphatic heterocycles. The molecule has 1 aliphatic rings. The van der Waals surface area contributed by atoms with Crippen molar-refractivity contribution in [1.29, 1.82) is 0 Å². The lowest BCUT2D eigenvalue weighted by Crippen LogP contribution is -2.49. The molecule has 0 spiro atoms.